The summed E-state index contributed by atoms with van der Waals surface area (Å²) in [4.78, 5) is 0. The normalized spacial score (nSPS) is 11.8. The summed E-state index contributed by atoms with van der Waals surface area (Å²) in [5, 5.41) is 3.67. The van der Waals surface area contributed by atoms with Gasteiger partial charge >= 0.3 is 0 Å². The van der Waals surface area contributed by atoms with Gasteiger partial charge in [-0.1, -0.05) is 5.16 Å². The summed E-state index contributed by atoms with van der Waals surface area (Å²) >= 11 is 0. The quantitative estimate of drug-likeness (QED) is 0.777. The lowest BCUT2D eigenvalue weighted by molar-refractivity contribution is 0.286. The summed E-state index contributed by atoms with van der Waals surface area (Å²) in [5.41, 5.74) is 0.365. The third-order valence-corrected chi connectivity index (χ3v) is 4.76. The fourth-order valence-electron chi connectivity index (χ4n) is 1.75. The van der Waals surface area contributed by atoms with Crippen molar-refractivity contribution in [2.24, 2.45) is 0 Å². The van der Waals surface area contributed by atoms with E-state index in [9.17, 15) is 12.8 Å². The Morgan fingerprint density at radius 2 is 2.00 bits per heavy atom. The lowest BCUT2D eigenvalue weighted by atomic mass is 10.3. The number of aryl methyl sites for hydroxylation is 1. The largest absolute Gasteiger partial charge is 0.492 e. The zero-order valence-corrected chi connectivity index (χ0v) is 13.1. The summed E-state index contributed by atoms with van der Waals surface area (Å²) in [6.45, 7) is 2.04. The summed E-state index contributed by atoms with van der Waals surface area (Å²) in [5.74, 6) is 0.471. The van der Waals surface area contributed by atoms with Gasteiger partial charge in [0.15, 0.2) is 0 Å². The van der Waals surface area contributed by atoms with E-state index in [1.807, 2.05) is 0 Å². The molecule has 0 saturated heterocycles. The lowest BCUT2D eigenvalue weighted by Gasteiger charge is -2.16. The van der Waals surface area contributed by atoms with Gasteiger partial charge in [0.05, 0.1) is 0 Å². The number of likely N-dealkylation sites (N-methyl/N-ethyl adjacent to an activating group) is 1. The standard InChI is InChI=1S/C14H17FN2O4S/c1-11-9-13(16-21-11)10-22(18,19)17(2)7-8-20-14-5-3-12(15)4-6-14/h3-6,9H,7-8,10H2,1-2H3. The number of sulfonamides is 1. The fourth-order valence-corrected chi connectivity index (χ4v) is 2.83. The molecule has 8 heteroatoms. The van der Waals surface area contributed by atoms with Crippen molar-refractivity contribution in [3.63, 3.8) is 0 Å². The van der Waals surface area contributed by atoms with Crippen LogP contribution in [0.1, 0.15) is 11.5 Å². The maximum absolute atomic E-state index is 12.7. The van der Waals surface area contributed by atoms with Gasteiger partial charge in [-0.2, -0.15) is 0 Å². The second kappa shape index (κ2) is 6.89. The van der Waals surface area contributed by atoms with Crippen LogP contribution in [0.5, 0.6) is 5.75 Å². The number of benzene rings is 1. The molecule has 0 spiro atoms. The van der Waals surface area contributed by atoms with Gasteiger partial charge in [-0.15, -0.1) is 0 Å². The van der Waals surface area contributed by atoms with Crippen molar-refractivity contribution in [1.29, 1.82) is 0 Å². The van der Waals surface area contributed by atoms with Crippen molar-refractivity contribution in [2.75, 3.05) is 20.2 Å². The van der Waals surface area contributed by atoms with Crippen LogP contribution in [0.4, 0.5) is 4.39 Å². The predicted octanol–water partition coefficient (Wildman–Crippen LogP) is 1.96. The predicted molar refractivity (Wildman–Crippen MR) is 78.4 cm³/mol. The van der Waals surface area contributed by atoms with Crippen molar-refractivity contribution in [1.82, 2.24) is 9.46 Å². The average Bonchev–Trinajstić information content (AvgIpc) is 2.85. The van der Waals surface area contributed by atoms with E-state index in [1.165, 1.54) is 35.6 Å². The van der Waals surface area contributed by atoms with Gasteiger partial charge in [-0.05, 0) is 31.2 Å². The molecule has 0 unspecified atom stereocenters. The third kappa shape index (κ3) is 4.54. The van der Waals surface area contributed by atoms with Crippen LogP contribution in [0.15, 0.2) is 34.9 Å². The molecule has 0 saturated carbocycles. The molecular formula is C14H17FN2O4S. The molecule has 2 rings (SSSR count). The summed E-state index contributed by atoms with van der Waals surface area (Å²) in [6, 6.07) is 7.12. The van der Waals surface area contributed by atoms with Gasteiger partial charge in [-0.3, -0.25) is 0 Å². The number of ether oxygens (including phenoxy) is 1. The fraction of sp³-hybridized carbons (Fsp3) is 0.357. The number of aromatic nitrogens is 1. The van der Waals surface area contributed by atoms with Crippen molar-refractivity contribution in [2.45, 2.75) is 12.7 Å². The SMILES string of the molecule is Cc1cc(CS(=O)(=O)N(C)CCOc2ccc(F)cc2)no1. The molecule has 0 aliphatic heterocycles. The first-order valence-electron chi connectivity index (χ1n) is 6.61. The minimum atomic E-state index is -3.49. The Bertz CT molecular complexity index is 713. The molecule has 6 nitrogen and oxygen atoms in total. The van der Waals surface area contributed by atoms with Gasteiger partial charge in [0.25, 0.3) is 0 Å². The average molecular weight is 328 g/mol. The molecule has 0 bridgehead atoms. The van der Waals surface area contributed by atoms with Gasteiger partial charge in [0, 0.05) is 19.7 Å². The van der Waals surface area contributed by atoms with Crippen LogP contribution in [-0.4, -0.2) is 38.1 Å². The molecular weight excluding hydrogens is 311 g/mol. The Balaban J connectivity index is 1.85. The van der Waals surface area contributed by atoms with Crippen LogP contribution in [0.2, 0.25) is 0 Å². The van der Waals surface area contributed by atoms with Crippen molar-refractivity contribution in [3.8, 4) is 5.75 Å². The second-order valence-electron chi connectivity index (χ2n) is 4.81. The molecule has 0 amide bonds. The minimum absolute atomic E-state index is 0.166. The molecule has 0 aliphatic rings. The summed E-state index contributed by atoms with van der Waals surface area (Å²) < 4.78 is 48.4. The molecule has 0 N–H and O–H groups in total. The summed E-state index contributed by atoms with van der Waals surface area (Å²) in [7, 11) is -2.02. The molecule has 0 aliphatic carbocycles. The van der Waals surface area contributed by atoms with Gasteiger partial charge < -0.3 is 9.26 Å². The van der Waals surface area contributed by atoms with Crippen LogP contribution in [0.3, 0.4) is 0 Å². The maximum Gasteiger partial charge on any atom is 0.219 e. The molecule has 22 heavy (non-hydrogen) atoms. The van der Waals surface area contributed by atoms with E-state index >= 15 is 0 Å². The molecule has 0 fully saturated rings. The maximum atomic E-state index is 12.7. The molecule has 2 aromatic rings. The highest BCUT2D eigenvalue weighted by molar-refractivity contribution is 7.88. The highest BCUT2D eigenvalue weighted by atomic mass is 32.2. The monoisotopic (exact) mass is 328 g/mol. The summed E-state index contributed by atoms with van der Waals surface area (Å²) in [6.07, 6.45) is 0. The number of halogens is 1. The van der Waals surface area contributed by atoms with Crippen molar-refractivity contribution < 1.29 is 22.1 Å². The van der Waals surface area contributed by atoms with Crippen molar-refractivity contribution >= 4 is 10.0 Å². The first-order valence-corrected chi connectivity index (χ1v) is 8.22. The number of hydrogen-bond donors (Lipinski definition) is 0. The number of rotatable bonds is 7. The third-order valence-electron chi connectivity index (χ3n) is 2.97. The van der Waals surface area contributed by atoms with E-state index in [-0.39, 0.29) is 24.7 Å². The van der Waals surface area contributed by atoms with Gasteiger partial charge in [0.1, 0.15) is 35.4 Å². The Morgan fingerprint density at radius 1 is 1.32 bits per heavy atom. The highest BCUT2D eigenvalue weighted by Gasteiger charge is 2.20. The van der Waals surface area contributed by atoms with Crippen LogP contribution in [-0.2, 0) is 15.8 Å². The topological polar surface area (TPSA) is 72.6 Å². The van der Waals surface area contributed by atoms with Crippen LogP contribution < -0.4 is 4.74 Å². The first kappa shape index (κ1) is 16.4. The van der Waals surface area contributed by atoms with Crippen LogP contribution >= 0.6 is 0 Å². The van der Waals surface area contributed by atoms with E-state index in [0.29, 0.717) is 17.2 Å². The van der Waals surface area contributed by atoms with Crippen LogP contribution in [0, 0.1) is 12.7 Å². The molecule has 1 aromatic heterocycles. The minimum Gasteiger partial charge on any atom is -0.492 e. The molecule has 120 valence electrons. The molecule has 0 radical (unpaired) electrons. The van der Waals surface area contributed by atoms with E-state index < -0.39 is 10.0 Å². The van der Waals surface area contributed by atoms with E-state index in [2.05, 4.69) is 5.16 Å². The Kier molecular flexibility index (Phi) is 5.15. The lowest BCUT2D eigenvalue weighted by Crippen LogP contribution is -2.32. The first-order chi connectivity index (χ1) is 10.4. The molecule has 1 heterocycles. The van der Waals surface area contributed by atoms with E-state index in [0.717, 1.165) is 0 Å². The van der Waals surface area contributed by atoms with Crippen molar-refractivity contribution in [3.05, 3.63) is 47.6 Å². The Morgan fingerprint density at radius 3 is 2.59 bits per heavy atom. The number of nitrogens with zero attached hydrogens (tertiary/aromatic N) is 2. The Hall–Kier alpha value is -1.93. The second-order valence-corrected chi connectivity index (χ2v) is 6.88. The highest BCUT2D eigenvalue weighted by Crippen LogP contribution is 2.12. The van der Waals surface area contributed by atoms with Crippen LogP contribution in [0.25, 0.3) is 0 Å². The molecule has 0 atom stereocenters. The van der Waals surface area contributed by atoms with Gasteiger partial charge in [-0.25, -0.2) is 17.1 Å². The molecule has 1 aromatic carbocycles. The van der Waals surface area contributed by atoms with Gasteiger partial charge in [0.2, 0.25) is 10.0 Å². The van der Waals surface area contributed by atoms with E-state index in [1.54, 1.807) is 13.0 Å². The zero-order chi connectivity index (χ0) is 16.2. The smallest absolute Gasteiger partial charge is 0.219 e. The van der Waals surface area contributed by atoms with E-state index in [4.69, 9.17) is 9.26 Å². The Labute approximate surface area is 128 Å². The number of hydrogen-bond acceptors (Lipinski definition) is 5. The zero-order valence-electron chi connectivity index (χ0n) is 12.3.